The Balaban J connectivity index is 1.25. The lowest BCUT2D eigenvalue weighted by Gasteiger charge is -2.35. The van der Waals surface area contributed by atoms with Gasteiger partial charge in [-0.05, 0) is 45.7 Å². The molecule has 0 amide bonds. The zero-order chi connectivity index (χ0) is 24.4. The van der Waals surface area contributed by atoms with Crippen LogP contribution in [0.1, 0.15) is 51.0 Å². The maximum Gasteiger partial charge on any atom is 0.228 e. The number of nitrogens with zero attached hydrogens (tertiary/aromatic N) is 5. The van der Waals surface area contributed by atoms with Gasteiger partial charge in [0.05, 0.1) is 54.0 Å². The number of anilines is 2. The first-order valence-corrected chi connectivity index (χ1v) is 12.2. The van der Waals surface area contributed by atoms with E-state index in [0.717, 1.165) is 49.7 Å². The number of pyridine rings is 1. The highest BCUT2D eigenvalue weighted by molar-refractivity contribution is 5.59. The van der Waals surface area contributed by atoms with Gasteiger partial charge in [0.25, 0.3) is 0 Å². The summed E-state index contributed by atoms with van der Waals surface area (Å²) in [5, 5.41) is 3.13. The maximum absolute atomic E-state index is 14.6. The number of imidazole rings is 1. The molecular weight excluding hydrogens is 449 g/mol. The Kier molecular flexibility index (Phi) is 7.03. The SMILES string of the molecule is CC1CC(c2ncc(-c3nc(Nc4ccc(CN5CC(C)OC(C)C5)nc4)ncc3F)[nH]2)CCO1. The molecule has 0 spiro atoms. The van der Waals surface area contributed by atoms with Crippen molar-refractivity contribution in [1.29, 1.82) is 0 Å². The molecule has 10 heteroatoms. The van der Waals surface area contributed by atoms with Gasteiger partial charge < -0.3 is 19.8 Å². The Labute approximate surface area is 204 Å². The largest absolute Gasteiger partial charge is 0.378 e. The maximum atomic E-state index is 14.6. The van der Waals surface area contributed by atoms with Gasteiger partial charge in [-0.1, -0.05) is 0 Å². The number of H-pyrrole nitrogens is 1. The molecule has 2 N–H and O–H groups in total. The molecule has 4 unspecified atom stereocenters. The quantitative estimate of drug-likeness (QED) is 0.544. The first-order valence-electron chi connectivity index (χ1n) is 12.2. The third-order valence-electron chi connectivity index (χ3n) is 6.43. The molecule has 35 heavy (non-hydrogen) atoms. The van der Waals surface area contributed by atoms with Crippen molar-refractivity contribution in [1.82, 2.24) is 29.8 Å². The van der Waals surface area contributed by atoms with Crippen molar-refractivity contribution in [3.05, 3.63) is 48.1 Å². The fraction of sp³-hybridized carbons (Fsp3) is 0.520. The lowest BCUT2D eigenvalue weighted by molar-refractivity contribution is -0.0707. The van der Waals surface area contributed by atoms with Gasteiger partial charge in [0.2, 0.25) is 5.95 Å². The van der Waals surface area contributed by atoms with E-state index in [2.05, 4.69) is 55.9 Å². The molecule has 186 valence electrons. The van der Waals surface area contributed by atoms with Crippen molar-refractivity contribution in [2.75, 3.05) is 25.0 Å². The summed E-state index contributed by atoms with van der Waals surface area (Å²) in [6.07, 6.45) is 6.96. The second-order valence-electron chi connectivity index (χ2n) is 9.59. The lowest BCUT2D eigenvalue weighted by Crippen LogP contribution is -2.44. The van der Waals surface area contributed by atoms with Crippen LogP contribution in [0.25, 0.3) is 11.4 Å². The molecule has 2 aliphatic rings. The predicted octanol–water partition coefficient (Wildman–Crippen LogP) is 4.04. The molecule has 2 saturated heterocycles. The molecule has 0 aromatic carbocycles. The highest BCUT2D eigenvalue weighted by atomic mass is 19.1. The topological polar surface area (TPSA) is 101 Å². The van der Waals surface area contributed by atoms with Gasteiger partial charge in [-0.3, -0.25) is 9.88 Å². The summed E-state index contributed by atoms with van der Waals surface area (Å²) >= 11 is 0. The Morgan fingerprint density at radius 1 is 1.06 bits per heavy atom. The van der Waals surface area contributed by atoms with E-state index in [0.29, 0.717) is 18.2 Å². The Morgan fingerprint density at radius 2 is 1.89 bits per heavy atom. The monoisotopic (exact) mass is 481 g/mol. The van der Waals surface area contributed by atoms with E-state index < -0.39 is 5.82 Å². The third kappa shape index (κ3) is 5.83. The summed E-state index contributed by atoms with van der Waals surface area (Å²) < 4.78 is 26.0. The van der Waals surface area contributed by atoms with Crippen LogP contribution in [0.2, 0.25) is 0 Å². The van der Waals surface area contributed by atoms with Crippen LogP contribution in [-0.4, -0.2) is 67.8 Å². The van der Waals surface area contributed by atoms with Crippen LogP contribution >= 0.6 is 0 Å². The predicted molar refractivity (Wildman–Crippen MR) is 130 cm³/mol. The molecule has 3 aromatic rings. The van der Waals surface area contributed by atoms with Gasteiger partial charge in [-0.2, -0.15) is 0 Å². The van der Waals surface area contributed by atoms with Crippen molar-refractivity contribution in [2.45, 2.75) is 64.4 Å². The molecule has 2 aliphatic heterocycles. The van der Waals surface area contributed by atoms with Crippen molar-refractivity contribution in [2.24, 2.45) is 0 Å². The van der Waals surface area contributed by atoms with Crippen LogP contribution in [0.3, 0.4) is 0 Å². The van der Waals surface area contributed by atoms with Crippen LogP contribution in [-0.2, 0) is 16.0 Å². The summed E-state index contributed by atoms with van der Waals surface area (Å²) in [6, 6.07) is 3.91. The van der Waals surface area contributed by atoms with E-state index in [1.54, 1.807) is 12.4 Å². The molecule has 2 fully saturated rings. The van der Waals surface area contributed by atoms with E-state index in [-0.39, 0.29) is 29.9 Å². The van der Waals surface area contributed by atoms with E-state index in [9.17, 15) is 4.39 Å². The minimum atomic E-state index is -0.506. The number of aromatic amines is 1. The fourth-order valence-corrected chi connectivity index (χ4v) is 4.89. The molecule has 4 atom stereocenters. The van der Waals surface area contributed by atoms with Gasteiger partial charge in [-0.15, -0.1) is 0 Å². The van der Waals surface area contributed by atoms with Crippen LogP contribution in [0.15, 0.2) is 30.7 Å². The van der Waals surface area contributed by atoms with E-state index in [1.165, 1.54) is 6.20 Å². The molecule has 0 aliphatic carbocycles. The van der Waals surface area contributed by atoms with Crippen molar-refractivity contribution in [3.63, 3.8) is 0 Å². The molecule has 5 rings (SSSR count). The van der Waals surface area contributed by atoms with Gasteiger partial charge in [0.15, 0.2) is 5.82 Å². The van der Waals surface area contributed by atoms with Gasteiger partial charge in [0, 0.05) is 32.2 Å². The number of ether oxygens (including phenoxy) is 2. The number of morpholine rings is 1. The highest BCUT2D eigenvalue weighted by Gasteiger charge is 2.24. The second kappa shape index (κ2) is 10.3. The number of halogens is 1. The van der Waals surface area contributed by atoms with Gasteiger partial charge in [-0.25, -0.2) is 19.3 Å². The summed E-state index contributed by atoms with van der Waals surface area (Å²) in [6.45, 7) is 9.50. The number of aromatic nitrogens is 5. The molecule has 0 saturated carbocycles. The Hall–Kier alpha value is -2.95. The highest BCUT2D eigenvalue weighted by Crippen LogP contribution is 2.30. The molecular formula is C25H32FN7O2. The van der Waals surface area contributed by atoms with Crippen molar-refractivity contribution in [3.8, 4) is 11.4 Å². The standard InChI is InChI=1S/C25H32FN7O2/c1-15-8-18(6-7-34-15)24-28-11-22(31-24)23-21(26)10-29-25(32-23)30-19-4-5-20(27-9-19)14-33-12-16(2)35-17(3)13-33/h4-5,9-11,15-18H,6-8,12-14H2,1-3H3,(H,28,31)(H,29,30,32). The van der Waals surface area contributed by atoms with E-state index in [4.69, 9.17) is 9.47 Å². The van der Waals surface area contributed by atoms with Gasteiger partial charge in [0.1, 0.15) is 11.5 Å². The number of hydrogen-bond acceptors (Lipinski definition) is 8. The Bertz CT molecular complexity index is 1130. The van der Waals surface area contributed by atoms with E-state index >= 15 is 0 Å². The van der Waals surface area contributed by atoms with Gasteiger partial charge >= 0.3 is 0 Å². The molecule has 5 heterocycles. The zero-order valence-corrected chi connectivity index (χ0v) is 20.4. The smallest absolute Gasteiger partial charge is 0.228 e. The molecule has 9 nitrogen and oxygen atoms in total. The minimum absolute atomic E-state index is 0.182. The molecule has 0 bridgehead atoms. The summed E-state index contributed by atoms with van der Waals surface area (Å²) in [5.74, 6) is 0.895. The Morgan fingerprint density at radius 3 is 2.63 bits per heavy atom. The molecule has 3 aromatic heterocycles. The number of rotatable bonds is 6. The van der Waals surface area contributed by atoms with Crippen molar-refractivity contribution < 1.29 is 13.9 Å². The lowest BCUT2D eigenvalue weighted by atomic mass is 9.96. The average molecular weight is 482 g/mol. The third-order valence-corrected chi connectivity index (χ3v) is 6.43. The second-order valence-corrected chi connectivity index (χ2v) is 9.59. The molecule has 0 radical (unpaired) electrons. The van der Waals surface area contributed by atoms with Crippen LogP contribution < -0.4 is 5.32 Å². The number of nitrogens with one attached hydrogen (secondary N) is 2. The zero-order valence-electron chi connectivity index (χ0n) is 20.4. The summed E-state index contributed by atoms with van der Waals surface area (Å²) in [4.78, 5) is 23.2. The minimum Gasteiger partial charge on any atom is -0.378 e. The fourth-order valence-electron chi connectivity index (χ4n) is 4.89. The first kappa shape index (κ1) is 23.8. The van der Waals surface area contributed by atoms with Crippen molar-refractivity contribution >= 4 is 11.6 Å². The first-order chi connectivity index (χ1) is 16.9. The number of hydrogen-bond donors (Lipinski definition) is 2. The van der Waals surface area contributed by atoms with E-state index in [1.807, 2.05) is 12.1 Å². The summed E-state index contributed by atoms with van der Waals surface area (Å²) in [7, 11) is 0. The van der Waals surface area contributed by atoms with Crippen LogP contribution in [0.5, 0.6) is 0 Å². The average Bonchev–Trinajstić information content (AvgIpc) is 3.31. The van der Waals surface area contributed by atoms with Crippen LogP contribution in [0.4, 0.5) is 16.0 Å². The normalized spacial score (nSPS) is 25.5. The summed E-state index contributed by atoms with van der Waals surface area (Å²) in [5.41, 5.74) is 2.42. The van der Waals surface area contributed by atoms with Crippen LogP contribution in [0, 0.1) is 5.82 Å².